The van der Waals surface area contributed by atoms with Crippen LogP contribution in [0.3, 0.4) is 0 Å². The van der Waals surface area contributed by atoms with Crippen molar-refractivity contribution in [2.24, 2.45) is 11.8 Å². The van der Waals surface area contributed by atoms with Crippen molar-refractivity contribution in [3.63, 3.8) is 0 Å². The number of carboxylic acid groups (broad SMARTS) is 1. The molecule has 3 N–H and O–H groups in total. The van der Waals surface area contributed by atoms with Gasteiger partial charge in [-0.2, -0.15) is 0 Å². The summed E-state index contributed by atoms with van der Waals surface area (Å²) in [5, 5.41) is 13.2. The van der Waals surface area contributed by atoms with E-state index in [4.69, 9.17) is 0 Å². The van der Waals surface area contributed by atoms with Crippen molar-refractivity contribution < 1.29 is 19.5 Å². The Hall–Kier alpha value is -2.28. The largest absolute Gasteiger partial charge is 0.480 e. The van der Waals surface area contributed by atoms with Gasteiger partial charge in [0, 0.05) is 42.1 Å². The van der Waals surface area contributed by atoms with Gasteiger partial charge in [-0.15, -0.1) is 0 Å². The molecular weight excluding hydrogens is 364 g/mol. The van der Waals surface area contributed by atoms with Crippen LogP contribution in [0.4, 0.5) is 0 Å². The van der Waals surface area contributed by atoms with Crippen molar-refractivity contribution in [3.05, 3.63) is 36.0 Å². The molecule has 7 heteroatoms. The summed E-state index contributed by atoms with van der Waals surface area (Å²) in [4.78, 5) is 38.8. The highest BCUT2D eigenvalue weighted by Gasteiger charge is 2.27. The Kier molecular flexibility index (Phi) is 7.47. The molecule has 1 unspecified atom stereocenters. The first kappa shape index (κ1) is 21.0. The third-order valence-corrected chi connectivity index (χ3v) is 5.30. The van der Waals surface area contributed by atoms with E-state index >= 15 is 0 Å². The standard InChI is InChI=1S/C20H26N2O4S/c1-12(2)8-15(11-27-13(3)23)19(24)22-18(20(25)26)9-14-10-21-17-7-5-4-6-16(14)17/h4-7,10,12,15,18,21H,8-9,11H2,1-3H3,(H,22,24)(H,25,26)/t15?,18-/m0/s1. The molecule has 6 nitrogen and oxygen atoms in total. The SMILES string of the molecule is CC(=O)SCC(CC(C)C)C(=O)N[C@@H](Cc1c[nH]c2ccccc12)C(=O)O. The number of thioether (sulfide) groups is 1. The van der Waals surface area contributed by atoms with E-state index < -0.39 is 17.9 Å². The quantitative estimate of drug-likeness (QED) is 0.610. The second kappa shape index (κ2) is 9.60. The zero-order valence-electron chi connectivity index (χ0n) is 15.8. The van der Waals surface area contributed by atoms with E-state index in [0.29, 0.717) is 12.2 Å². The first-order valence-electron chi connectivity index (χ1n) is 8.99. The van der Waals surface area contributed by atoms with Crippen LogP contribution in [0.2, 0.25) is 0 Å². The van der Waals surface area contributed by atoms with Gasteiger partial charge in [-0.3, -0.25) is 9.59 Å². The fourth-order valence-electron chi connectivity index (χ4n) is 3.05. The number of nitrogens with one attached hydrogen (secondary N) is 2. The van der Waals surface area contributed by atoms with Crippen LogP contribution in [0.1, 0.15) is 32.8 Å². The highest BCUT2D eigenvalue weighted by molar-refractivity contribution is 8.13. The maximum absolute atomic E-state index is 12.7. The van der Waals surface area contributed by atoms with Crippen molar-refractivity contribution in [1.29, 1.82) is 0 Å². The van der Waals surface area contributed by atoms with Crippen LogP contribution in [0.25, 0.3) is 10.9 Å². The Morgan fingerprint density at radius 1 is 1.22 bits per heavy atom. The molecule has 2 rings (SSSR count). The molecule has 0 radical (unpaired) electrons. The van der Waals surface area contributed by atoms with Crippen LogP contribution in [-0.4, -0.2) is 38.9 Å². The second-order valence-electron chi connectivity index (χ2n) is 7.09. The molecule has 1 heterocycles. The van der Waals surface area contributed by atoms with E-state index in [1.807, 2.05) is 38.1 Å². The van der Waals surface area contributed by atoms with Gasteiger partial charge < -0.3 is 15.4 Å². The lowest BCUT2D eigenvalue weighted by Gasteiger charge is -2.21. The average Bonchev–Trinajstić information content (AvgIpc) is 3.00. The number of aromatic nitrogens is 1. The summed E-state index contributed by atoms with van der Waals surface area (Å²) in [5.74, 6) is -1.16. The second-order valence-corrected chi connectivity index (χ2v) is 8.29. The summed E-state index contributed by atoms with van der Waals surface area (Å²) in [5.41, 5.74) is 1.77. The predicted molar refractivity (Wildman–Crippen MR) is 108 cm³/mol. The normalized spacial score (nSPS) is 13.5. The topological polar surface area (TPSA) is 99.3 Å². The van der Waals surface area contributed by atoms with E-state index in [2.05, 4.69) is 10.3 Å². The van der Waals surface area contributed by atoms with Crippen LogP contribution in [-0.2, 0) is 20.8 Å². The number of carbonyl (C=O) groups excluding carboxylic acids is 2. The molecule has 0 saturated heterocycles. The van der Waals surface area contributed by atoms with Gasteiger partial charge in [0.15, 0.2) is 5.12 Å². The van der Waals surface area contributed by atoms with Gasteiger partial charge in [0.05, 0.1) is 0 Å². The molecule has 2 atom stereocenters. The molecule has 0 aliphatic carbocycles. The van der Waals surface area contributed by atoms with Gasteiger partial charge in [-0.05, 0) is 24.0 Å². The zero-order valence-corrected chi connectivity index (χ0v) is 16.6. The number of carboxylic acids is 1. The van der Waals surface area contributed by atoms with Crippen molar-refractivity contribution in [2.45, 2.75) is 39.7 Å². The molecule has 0 aliphatic rings. The van der Waals surface area contributed by atoms with Crippen LogP contribution in [0.15, 0.2) is 30.5 Å². The minimum Gasteiger partial charge on any atom is -0.480 e. The van der Waals surface area contributed by atoms with Gasteiger partial charge in [-0.25, -0.2) is 4.79 Å². The number of para-hydroxylation sites is 1. The summed E-state index contributed by atoms with van der Waals surface area (Å²) in [6.45, 7) is 5.46. The van der Waals surface area contributed by atoms with Crippen molar-refractivity contribution >= 4 is 39.7 Å². The number of aliphatic carboxylic acids is 1. The Morgan fingerprint density at radius 2 is 1.93 bits per heavy atom. The van der Waals surface area contributed by atoms with Crippen LogP contribution in [0, 0.1) is 11.8 Å². The molecule has 1 aromatic heterocycles. The number of rotatable bonds is 9. The number of hydrogen-bond donors (Lipinski definition) is 3. The van der Waals surface area contributed by atoms with Crippen LogP contribution in [0.5, 0.6) is 0 Å². The van der Waals surface area contributed by atoms with E-state index in [0.717, 1.165) is 28.2 Å². The van der Waals surface area contributed by atoms with Crippen molar-refractivity contribution in [1.82, 2.24) is 10.3 Å². The number of benzene rings is 1. The maximum Gasteiger partial charge on any atom is 0.326 e. The Morgan fingerprint density at radius 3 is 2.56 bits per heavy atom. The van der Waals surface area contributed by atoms with Gasteiger partial charge in [0.1, 0.15) is 6.04 Å². The number of carbonyl (C=O) groups is 3. The third-order valence-electron chi connectivity index (χ3n) is 4.33. The smallest absolute Gasteiger partial charge is 0.326 e. The van der Waals surface area contributed by atoms with Gasteiger partial charge in [0.2, 0.25) is 5.91 Å². The first-order chi connectivity index (χ1) is 12.8. The number of amides is 1. The fraction of sp³-hybridized carbons (Fsp3) is 0.450. The molecule has 27 heavy (non-hydrogen) atoms. The van der Waals surface area contributed by atoms with Crippen molar-refractivity contribution in [3.8, 4) is 0 Å². The maximum atomic E-state index is 12.7. The van der Waals surface area contributed by atoms with E-state index in [1.165, 1.54) is 6.92 Å². The van der Waals surface area contributed by atoms with E-state index in [9.17, 15) is 19.5 Å². The molecule has 2 aromatic rings. The summed E-state index contributed by atoms with van der Waals surface area (Å²) >= 11 is 1.10. The molecular formula is C20H26N2O4S. The molecule has 0 fully saturated rings. The number of fused-ring (bicyclic) bond motifs is 1. The molecule has 0 saturated carbocycles. The van der Waals surface area contributed by atoms with Gasteiger partial charge in [0.25, 0.3) is 0 Å². The predicted octanol–water partition coefficient (Wildman–Crippen LogP) is 3.22. The molecule has 1 amide bonds. The molecule has 0 spiro atoms. The highest BCUT2D eigenvalue weighted by atomic mass is 32.2. The third kappa shape index (κ3) is 6.13. The minimum absolute atomic E-state index is 0.0508. The lowest BCUT2D eigenvalue weighted by atomic mass is 9.97. The number of H-pyrrole nitrogens is 1. The summed E-state index contributed by atoms with van der Waals surface area (Å²) < 4.78 is 0. The Labute approximate surface area is 163 Å². The van der Waals surface area contributed by atoms with Crippen LogP contribution < -0.4 is 5.32 Å². The van der Waals surface area contributed by atoms with E-state index in [1.54, 1.807) is 6.20 Å². The number of aromatic amines is 1. The van der Waals surface area contributed by atoms with Gasteiger partial charge in [-0.1, -0.05) is 43.8 Å². The van der Waals surface area contributed by atoms with Crippen LogP contribution >= 0.6 is 11.8 Å². The Balaban J connectivity index is 2.12. The zero-order chi connectivity index (χ0) is 20.0. The summed E-state index contributed by atoms with van der Waals surface area (Å²) in [6, 6.07) is 6.62. The Bertz CT molecular complexity index is 815. The molecule has 146 valence electrons. The fourth-order valence-corrected chi connectivity index (χ4v) is 3.77. The molecule has 0 aliphatic heterocycles. The first-order valence-corrected chi connectivity index (χ1v) is 9.98. The molecule has 1 aromatic carbocycles. The van der Waals surface area contributed by atoms with E-state index in [-0.39, 0.29) is 23.4 Å². The highest BCUT2D eigenvalue weighted by Crippen LogP contribution is 2.21. The number of hydrogen-bond acceptors (Lipinski definition) is 4. The summed E-state index contributed by atoms with van der Waals surface area (Å²) in [6.07, 6.45) is 2.58. The lowest BCUT2D eigenvalue weighted by molar-refractivity contribution is -0.142. The average molecular weight is 391 g/mol. The van der Waals surface area contributed by atoms with Gasteiger partial charge >= 0.3 is 5.97 Å². The summed E-state index contributed by atoms with van der Waals surface area (Å²) in [7, 11) is 0. The monoisotopic (exact) mass is 390 g/mol. The lowest BCUT2D eigenvalue weighted by Crippen LogP contribution is -2.45. The van der Waals surface area contributed by atoms with Crippen molar-refractivity contribution in [2.75, 3.05) is 5.75 Å². The molecule has 0 bridgehead atoms. The minimum atomic E-state index is -1.07.